The van der Waals surface area contributed by atoms with Crippen molar-refractivity contribution in [2.45, 2.75) is 26.3 Å². The van der Waals surface area contributed by atoms with Crippen LogP contribution in [0.5, 0.6) is 0 Å². The Balaban J connectivity index is 1.32. The van der Waals surface area contributed by atoms with Crippen LogP contribution in [-0.4, -0.2) is 37.2 Å². The Morgan fingerprint density at radius 2 is 2.00 bits per heavy atom. The first-order valence-electron chi connectivity index (χ1n) is 9.79. The van der Waals surface area contributed by atoms with Crippen LogP contribution in [0.1, 0.15) is 18.5 Å². The molecule has 5 rings (SSSR count). The van der Waals surface area contributed by atoms with E-state index in [2.05, 4.69) is 26.0 Å². The zero-order valence-electron chi connectivity index (χ0n) is 16.1. The Bertz CT molecular complexity index is 1260. The number of halogens is 1. The molecule has 3 aromatic heterocycles. The summed E-state index contributed by atoms with van der Waals surface area (Å²) >= 11 is 0. The van der Waals surface area contributed by atoms with E-state index >= 15 is 0 Å². The molecular formula is C21H21FN6O. The molecule has 1 aromatic carbocycles. The Morgan fingerprint density at radius 3 is 2.83 bits per heavy atom. The molecule has 1 saturated heterocycles. The van der Waals surface area contributed by atoms with Gasteiger partial charge < -0.3 is 4.90 Å². The van der Waals surface area contributed by atoms with Gasteiger partial charge in [0.25, 0.3) is 5.56 Å². The first kappa shape index (κ1) is 17.8. The van der Waals surface area contributed by atoms with Crippen molar-refractivity contribution in [2.75, 3.05) is 18.0 Å². The highest BCUT2D eigenvalue weighted by Gasteiger charge is 2.23. The number of rotatable bonds is 3. The summed E-state index contributed by atoms with van der Waals surface area (Å²) < 4.78 is 16.9. The molecule has 0 N–H and O–H groups in total. The largest absolute Gasteiger partial charge is 0.355 e. The van der Waals surface area contributed by atoms with Gasteiger partial charge >= 0.3 is 0 Å². The van der Waals surface area contributed by atoms with Crippen LogP contribution in [0.25, 0.3) is 16.4 Å². The van der Waals surface area contributed by atoms with Gasteiger partial charge in [0.2, 0.25) is 0 Å². The molecule has 0 aliphatic carbocycles. The first-order valence-corrected chi connectivity index (χ1v) is 9.79. The number of fused-ring (bicyclic) bond motifs is 2. The molecule has 148 valence electrons. The lowest BCUT2D eigenvalue weighted by Crippen LogP contribution is -2.37. The highest BCUT2D eigenvalue weighted by atomic mass is 19.1. The van der Waals surface area contributed by atoms with Gasteiger partial charge in [-0.3, -0.25) is 9.36 Å². The minimum atomic E-state index is -0.383. The second-order valence-corrected chi connectivity index (χ2v) is 7.66. The molecule has 0 atom stereocenters. The van der Waals surface area contributed by atoms with Crippen LogP contribution in [0.15, 0.2) is 47.8 Å². The summed E-state index contributed by atoms with van der Waals surface area (Å²) in [6.45, 7) is 4.36. The van der Waals surface area contributed by atoms with Crippen molar-refractivity contribution in [3.63, 3.8) is 0 Å². The van der Waals surface area contributed by atoms with Crippen molar-refractivity contribution in [2.24, 2.45) is 5.92 Å². The maximum absolute atomic E-state index is 13.4. The zero-order chi connectivity index (χ0) is 20.0. The standard InChI is InChI=1S/C21H21FN6O/c1-14-10-19-20(23-6-9-28(19)25-14)26-7-4-15(5-8-26)12-27-13-24-18-11-16(22)2-3-17(18)21(27)29/h2-3,6,9-11,13,15H,4-5,7-8,12H2,1H3. The van der Waals surface area contributed by atoms with Crippen LogP contribution in [0, 0.1) is 18.7 Å². The summed E-state index contributed by atoms with van der Waals surface area (Å²) in [5, 5.41) is 4.92. The highest BCUT2D eigenvalue weighted by Crippen LogP contribution is 2.26. The highest BCUT2D eigenvalue weighted by molar-refractivity contribution is 5.77. The van der Waals surface area contributed by atoms with Crippen LogP contribution in [-0.2, 0) is 6.54 Å². The summed E-state index contributed by atoms with van der Waals surface area (Å²) in [6, 6.07) is 6.17. The summed E-state index contributed by atoms with van der Waals surface area (Å²) in [7, 11) is 0. The number of anilines is 1. The second-order valence-electron chi connectivity index (χ2n) is 7.66. The molecule has 0 radical (unpaired) electrons. The number of nitrogens with zero attached hydrogens (tertiary/aromatic N) is 6. The van der Waals surface area contributed by atoms with Crippen LogP contribution < -0.4 is 10.5 Å². The summed E-state index contributed by atoms with van der Waals surface area (Å²) in [5.41, 5.74) is 2.28. The van der Waals surface area contributed by atoms with Gasteiger partial charge in [0.1, 0.15) is 11.3 Å². The lowest BCUT2D eigenvalue weighted by atomic mass is 9.96. The monoisotopic (exact) mass is 392 g/mol. The predicted molar refractivity (Wildman–Crippen MR) is 109 cm³/mol. The zero-order valence-corrected chi connectivity index (χ0v) is 16.1. The molecule has 4 heterocycles. The normalized spacial score (nSPS) is 15.4. The molecular weight excluding hydrogens is 371 g/mol. The minimum absolute atomic E-state index is 0.112. The van der Waals surface area contributed by atoms with Crippen molar-refractivity contribution in [3.8, 4) is 0 Å². The summed E-state index contributed by atoms with van der Waals surface area (Å²) in [4.78, 5) is 23.8. The number of hydrogen-bond donors (Lipinski definition) is 0. The van der Waals surface area contributed by atoms with Gasteiger partial charge in [-0.25, -0.2) is 18.9 Å². The van der Waals surface area contributed by atoms with Crippen LogP contribution in [0.2, 0.25) is 0 Å². The van der Waals surface area contributed by atoms with E-state index in [-0.39, 0.29) is 11.4 Å². The van der Waals surface area contributed by atoms with Crippen molar-refractivity contribution in [1.29, 1.82) is 0 Å². The van der Waals surface area contributed by atoms with E-state index in [0.29, 0.717) is 23.4 Å². The summed E-state index contributed by atoms with van der Waals surface area (Å²) in [6.07, 6.45) is 7.11. The molecule has 0 bridgehead atoms. The van der Waals surface area contributed by atoms with Gasteiger partial charge in [-0.15, -0.1) is 0 Å². The minimum Gasteiger partial charge on any atom is -0.355 e. The van der Waals surface area contributed by atoms with E-state index in [1.54, 1.807) is 10.8 Å². The molecule has 1 fully saturated rings. The Hall–Kier alpha value is -3.29. The molecule has 7 nitrogen and oxygen atoms in total. The van der Waals surface area contributed by atoms with Gasteiger partial charge in [0, 0.05) is 38.1 Å². The number of aryl methyl sites for hydroxylation is 1. The van der Waals surface area contributed by atoms with E-state index in [4.69, 9.17) is 0 Å². The van der Waals surface area contributed by atoms with E-state index in [1.165, 1.54) is 24.5 Å². The average Bonchev–Trinajstić information content (AvgIpc) is 3.11. The van der Waals surface area contributed by atoms with Gasteiger partial charge in [-0.2, -0.15) is 5.10 Å². The molecule has 0 amide bonds. The van der Waals surface area contributed by atoms with Crippen LogP contribution in [0.4, 0.5) is 10.2 Å². The molecule has 0 saturated carbocycles. The summed E-state index contributed by atoms with van der Waals surface area (Å²) in [5.74, 6) is 0.958. The van der Waals surface area contributed by atoms with Crippen molar-refractivity contribution in [3.05, 3.63) is 64.9 Å². The first-order chi connectivity index (χ1) is 14.1. The van der Waals surface area contributed by atoms with Gasteiger partial charge in [0.05, 0.1) is 22.9 Å². The fourth-order valence-corrected chi connectivity index (χ4v) is 4.14. The third-order valence-corrected chi connectivity index (χ3v) is 5.65. The smallest absolute Gasteiger partial charge is 0.261 e. The lowest BCUT2D eigenvalue weighted by molar-refractivity contribution is 0.351. The van der Waals surface area contributed by atoms with E-state index in [0.717, 1.165) is 43.0 Å². The number of benzene rings is 1. The molecule has 1 aliphatic heterocycles. The Kier molecular flexibility index (Phi) is 4.26. The number of hydrogen-bond acceptors (Lipinski definition) is 5. The quantitative estimate of drug-likeness (QED) is 0.536. The van der Waals surface area contributed by atoms with E-state index in [1.807, 2.05) is 17.6 Å². The fourth-order valence-electron chi connectivity index (χ4n) is 4.14. The van der Waals surface area contributed by atoms with E-state index in [9.17, 15) is 9.18 Å². The van der Waals surface area contributed by atoms with E-state index < -0.39 is 0 Å². The van der Waals surface area contributed by atoms with Gasteiger partial charge in [0.15, 0.2) is 5.82 Å². The fraction of sp³-hybridized carbons (Fsp3) is 0.333. The van der Waals surface area contributed by atoms with Gasteiger partial charge in [-0.05, 0) is 43.9 Å². The molecule has 4 aromatic rings. The van der Waals surface area contributed by atoms with Crippen LogP contribution in [0.3, 0.4) is 0 Å². The van der Waals surface area contributed by atoms with Crippen molar-refractivity contribution < 1.29 is 4.39 Å². The van der Waals surface area contributed by atoms with Crippen LogP contribution >= 0.6 is 0 Å². The second kappa shape index (κ2) is 6.95. The molecule has 29 heavy (non-hydrogen) atoms. The predicted octanol–water partition coefficient (Wildman–Crippen LogP) is 2.80. The third kappa shape index (κ3) is 3.24. The third-order valence-electron chi connectivity index (χ3n) is 5.65. The maximum Gasteiger partial charge on any atom is 0.261 e. The Morgan fingerprint density at radius 1 is 1.17 bits per heavy atom. The van der Waals surface area contributed by atoms with Crippen molar-refractivity contribution in [1.82, 2.24) is 24.1 Å². The molecule has 0 unspecified atom stereocenters. The van der Waals surface area contributed by atoms with Gasteiger partial charge in [-0.1, -0.05) is 0 Å². The molecule has 0 spiro atoms. The topological polar surface area (TPSA) is 68.3 Å². The maximum atomic E-state index is 13.4. The van der Waals surface area contributed by atoms with Crippen molar-refractivity contribution >= 4 is 22.2 Å². The lowest BCUT2D eigenvalue weighted by Gasteiger charge is -2.33. The molecule has 8 heteroatoms. The Labute approximate surface area is 166 Å². The number of aromatic nitrogens is 5. The number of piperidine rings is 1. The SMILES string of the molecule is Cc1cc2c(N3CCC(Cn4cnc5cc(F)ccc5c4=O)CC3)nccn2n1. The molecule has 1 aliphatic rings. The average molecular weight is 392 g/mol.